The van der Waals surface area contributed by atoms with Crippen LogP contribution in [0.25, 0.3) is 0 Å². The van der Waals surface area contributed by atoms with Crippen molar-refractivity contribution in [2.45, 2.75) is 284 Å². The molecule has 6 nitrogen and oxygen atoms in total. The molecule has 0 radical (unpaired) electrons. The first-order valence-corrected chi connectivity index (χ1v) is 24.9. The summed E-state index contributed by atoms with van der Waals surface area (Å²) in [6.45, 7) is 8.97. The second-order valence-corrected chi connectivity index (χ2v) is 17.6. The van der Waals surface area contributed by atoms with E-state index in [-0.39, 0.29) is 31.1 Å². The molecule has 0 fully saturated rings. The van der Waals surface area contributed by atoms with Crippen molar-refractivity contribution in [3.8, 4) is 0 Å². The summed E-state index contributed by atoms with van der Waals surface area (Å²) < 4.78 is 16.8. The molecule has 0 N–H and O–H groups in total. The van der Waals surface area contributed by atoms with Gasteiger partial charge in [-0.15, -0.1) is 0 Å². The van der Waals surface area contributed by atoms with Crippen LogP contribution >= 0.6 is 0 Å². The molecule has 0 bridgehead atoms. The summed E-state index contributed by atoms with van der Waals surface area (Å²) >= 11 is 0. The lowest BCUT2D eigenvalue weighted by molar-refractivity contribution is -0.167. The van der Waals surface area contributed by atoms with E-state index in [1.165, 1.54) is 173 Å². The van der Waals surface area contributed by atoms with Gasteiger partial charge in [0.25, 0.3) is 0 Å². The summed E-state index contributed by atoms with van der Waals surface area (Å²) in [6, 6.07) is 0. The first-order chi connectivity index (χ1) is 27.4. The fourth-order valence-corrected chi connectivity index (χ4v) is 7.51. The van der Waals surface area contributed by atoms with Crippen LogP contribution in [-0.2, 0) is 28.6 Å². The average Bonchev–Trinajstić information content (AvgIpc) is 3.18. The Labute approximate surface area is 348 Å². The van der Waals surface area contributed by atoms with E-state index >= 15 is 0 Å². The first kappa shape index (κ1) is 54.4. The van der Waals surface area contributed by atoms with Crippen molar-refractivity contribution >= 4 is 17.9 Å². The summed E-state index contributed by atoms with van der Waals surface area (Å²) in [5, 5.41) is 0. The molecular weight excluding hydrogens is 697 g/mol. The van der Waals surface area contributed by atoms with E-state index in [0.29, 0.717) is 19.3 Å². The van der Waals surface area contributed by atoms with Crippen LogP contribution in [0.2, 0.25) is 0 Å². The van der Waals surface area contributed by atoms with Gasteiger partial charge in [0.15, 0.2) is 6.10 Å². The molecular formula is C50H96O6. The highest BCUT2D eigenvalue weighted by Crippen LogP contribution is 2.17. The van der Waals surface area contributed by atoms with Crippen molar-refractivity contribution in [2.24, 2.45) is 5.92 Å². The maximum atomic E-state index is 12.8. The third kappa shape index (κ3) is 43.5. The van der Waals surface area contributed by atoms with Crippen LogP contribution in [0.4, 0.5) is 0 Å². The standard InChI is InChI=1S/C50H96O6/c1-5-7-9-11-13-15-17-19-20-21-22-24-26-30-35-39-43-50(53)56-47(45-55-49(52)42-38-34-31-27-28-32-36-40-46(3)4)44-54-48(51)41-37-33-29-25-23-18-16-14-12-10-8-6-2/h46-47H,5-45H2,1-4H3/t47-/m0/s1. The van der Waals surface area contributed by atoms with Crippen LogP contribution in [0.15, 0.2) is 0 Å². The zero-order chi connectivity index (χ0) is 41.0. The molecule has 56 heavy (non-hydrogen) atoms. The average molecular weight is 793 g/mol. The van der Waals surface area contributed by atoms with Gasteiger partial charge in [-0.05, 0) is 25.2 Å². The number of esters is 3. The molecule has 0 rings (SSSR count). The van der Waals surface area contributed by atoms with Crippen molar-refractivity contribution in [3.63, 3.8) is 0 Å². The largest absolute Gasteiger partial charge is 0.462 e. The van der Waals surface area contributed by atoms with Gasteiger partial charge in [0.2, 0.25) is 0 Å². The third-order valence-electron chi connectivity index (χ3n) is 11.3. The van der Waals surface area contributed by atoms with Gasteiger partial charge in [-0.3, -0.25) is 14.4 Å². The molecule has 0 saturated heterocycles. The molecule has 0 heterocycles. The van der Waals surface area contributed by atoms with E-state index in [0.717, 1.165) is 63.7 Å². The fraction of sp³-hybridized carbons (Fsp3) is 0.940. The van der Waals surface area contributed by atoms with Crippen LogP contribution in [-0.4, -0.2) is 37.2 Å². The molecule has 0 amide bonds. The van der Waals surface area contributed by atoms with Gasteiger partial charge in [0, 0.05) is 19.3 Å². The molecule has 0 aromatic carbocycles. The molecule has 0 aromatic heterocycles. The van der Waals surface area contributed by atoms with Gasteiger partial charge in [-0.25, -0.2) is 0 Å². The highest BCUT2D eigenvalue weighted by atomic mass is 16.6. The number of rotatable bonds is 45. The molecule has 0 unspecified atom stereocenters. The number of unbranched alkanes of at least 4 members (excludes halogenated alkanes) is 32. The lowest BCUT2D eigenvalue weighted by atomic mass is 10.0. The van der Waals surface area contributed by atoms with Crippen molar-refractivity contribution in [3.05, 3.63) is 0 Å². The van der Waals surface area contributed by atoms with Crippen LogP contribution in [0.5, 0.6) is 0 Å². The quantitative estimate of drug-likeness (QED) is 0.0347. The predicted octanol–water partition coefficient (Wildman–Crippen LogP) is 15.9. The number of hydrogen-bond acceptors (Lipinski definition) is 6. The fourth-order valence-electron chi connectivity index (χ4n) is 7.51. The van der Waals surface area contributed by atoms with Crippen molar-refractivity contribution < 1.29 is 28.6 Å². The van der Waals surface area contributed by atoms with Crippen LogP contribution in [0.1, 0.15) is 278 Å². The minimum absolute atomic E-state index is 0.0636. The molecule has 1 atom stereocenters. The number of carbonyl (C=O) groups excluding carboxylic acids is 3. The predicted molar refractivity (Wildman–Crippen MR) is 238 cm³/mol. The van der Waals surface area contributed by atoms with Crippen molar-refractivity contribution in [1.82, 2.24) is 0 Å². The molecule has 0 aliphatic rings. The second-order valence-electron chi connectivity index (χ2n) is 17.6. The Bertz CT molecular complexity index is 841. The molecule has 0 spiro atoms. The lowest BCUT2D eigenvalue weighted by Crippen LogP contribution is -2.30. The molecule has 0 saturated carbocycles. The smallest absolute Gasteiger partial charge is 0.306 e. The summed E-state index contributed by atoms with van der Waals surface area (Å²) in [5.74, 6) is -0.0687. The molecule has 332 valence electrons. The number of ether oxygens (including phenoxy) is 3. The zero-order valence-corrected chi connectivity index (χ0v) is 38.1. The summed E-state index contributed by atoms with van der Waals surface area (Å²) in [4.78, 5) is 37.8. The first-order valence-electron chi connectivity index (χ1n) is 24.9. The summed E-state index contributed by atoms with van der Waals surface area (Å²) in [6.07, 6.45) is 45.2. The summed E-state index contributed by atoms with van der Waals surface area (Å²) in [5.41, 5.74) is 0. The van der Waals surface area contributed by atoms with E-state index in [1.54, 1.807) is 0 Å². The van der Waals surface area contributed by atoms with Crippen LogP contribution in [0.3, 0.4) is 0 Å². The highest BCUT2D eigenvalue weighted by Gasteiger charge is 2.19. The van der Waals surface area contributed by atoms with Crippen LogP contribution in [0, 0.1) is 5.92 Å². The minimum Gasteiger partial charge on any atom is -0.462 e. The molecule has 0 aliphatic heterocycles. The maximum absolute atomic E-state index is 12.8. The Kier molecular flexibility index (Phi) is 43.2. The van der Waals surface area contributed by atoms with Crippen LogP contribution < -0.4 is 0 Å². The van der Waals surface area contributed by atoms with Gasteiger partial charge >= 0.3 is 17.9 Å². The topological polar surface area (TPSA) is 78.9 Å². The Balaban J connectivity index is 4.29. The Morgan fingerprint density at radius 3 is 0.875 bits per heavy atom. The SMILES string of the molecule is CCCCCCCCCCCCCCCCCCC(=O)O[C@@H](COC(=O)CCCCCCCCCCCCCC)COC(=O)CCCCCCCCCC(C)C. The Hall–Kier alpha value is -1.59. The maximum Gasteiger partial charge on any atom is 0.306 e. The highest BCUT2D eigenvalue weighted by molar-refractivity contribution is 5.71. The Morgan fingerprint density at radius 2 is 0.589 bits per heavy atom. The van der Waals surface area contributed by atoms with E-state index in [1.807, 2.05) is 0 Å². The van der Waals surface area contributed by atoms with E-state index in [2.05, 4.69) is 27.7 Å². The van der Waals surface area contributed by atoms with Gasteiger partial charge in [0.05, 0.1) is 0 Å². The summed E-state index contributed by atoms with van der Waals surface area (Å²) in [7, 11) is 0. The minimum atomic E-state index is -0.760. The van der Waals surface area contributed by atoms with Gasteiger partial charge in [0.1, 0.15) is 13.2 Å². The van der Waals surface area contributed by atoms with Gasteiger partial charge in [-0.1, -0.05) is 240 Å². The lowest BCUT2D eigenvalue weighted by Gasteiger charge is -2.18. The normalized spacial score (nSPS) is 11.9. The van der Waals surface area contributed by atoms with Crippen molar-refractivity contribution in [1.29, 1.82) is 0 Å². The molecule has 0 aliphatic carbocycles. The van der Waals surface area contributed by atoms with E-state index in [4.69, 9.17) is 14.2 Å². The molecule has 6 heteroatoms. The zero-order valence-electron chi connectivity index (χ0n) is 38.1. The monoisotopic (exact) mass is 793 g/mol. The van der Waals surface area contributed by atoms with Crippen molar-refractivity contribution in [2.75, 3.05) is 13.2 Å². The van der Waals surface area contributed by atoms with E-state index < -0.39 is 6.10 Å². The third-order valence-corrected chi connectivity index (χ3v) is 11.3. The number of carbonyl (C=O) groups is 3. The molecule has 0 aromatic rings. The van der Waals surface area contributed by atoms with Gasteiger partial charge in [-0.2, -0.15) is 0 Å². The Morgan fingerprint density at radius 1 is 0.339 bits per heavy atom. The van der Waals surface area contributed by atoms with E-state index in [9.17, 15) is 14.4 Å². The second kappa shape index (κ2) is 44.5. The number of hydrogen-bond donors (Lipinski definition) is 0. The van der Waals surface area contributed by atoms with Gasteiger partial charge < -0.3 is 14.2 Å².